The van der Waals surface area contributed by atoms with Crippen LogP contribution < -0.4 is 10.1 Å². The van der Waals surface area contributed by atoms with E-state index in [1.165, 1.54) is 0 Å². The Kier molecular flexibility index (Phi) is 5.85. The molecule has 1 N–H and O–H groups in total. The number of carbonyl (C=O) groups excluding carboxylic acids is 1. The fourth-order valence-corrected chi connectivity index (χ4v) is 2.99. The molecule has 2 rings (SSSR count). The van der Waals surface area contributed by atoms with Crippen LogP contribution in [0.5, 0.6) is 5.75 Å². The van der Waals surface area contributed by atoms with Crippen molar-refractivity contribution in [2.24, 2.45) is 0 Å². The Morgan fingerprint density at radius 3 is 2.28 bits per heavy atom. The highest BCUT2D eigenvalue weighted by Crippen LogP contribution is 2.18. The SMILES string of the molecule is Cc1cccc(OC(C)C(=O)NC(C)c2ccc(S(C)(=O)=O)cc2)c1. The molecule has 0 radical (unpaired) electrons. The number of sulfone groups is 1. The van der Waals surface area contributed by atoms with E-state index in [4.69, 9.17) is 4.74 Å². The Morgan fingerprint density at radius 1 is 1.08 bits per heavy atom. The summed E-state index contributed by atoms with van der Waals surface area (Å²) in [6.07, 6.45) is 0.525. The molecule has 2 unspecified atom stereocenters. The van der Waals surface area contributed by atoms with E-state index < -0.39 is 15.9 Å². The van der Waals surface area contributed by atoms with Crippen LogP contribution in [0.25, 0.3) is 0 Å². The number of hydrogen-bond acceptors (Lipinski definition) is 4. The molecule has 0 aromatic heterocycles. The highest BCUT2D eigenvalue weighted by Gasteiger charge is 2.18. The van der Waals surface area contributed by atoms with Crippen LogP contribution in [0.1, 0.15) is 31.0 Å². The molecule has 0 aliphatic carbocycles. The standard InChI is InChI=1S/C19H23NO4S/c1-13-6-5-7-17(12-13)24-15(3)19(21)20-14(2)16-8-10-18(11-9-16)25(4,22)23/h5-12,14-15H,1-4H3,(H,20,21). The smallest absolute Gasteiger partial charge is 0.261 e. The monoisotopic (exact) mass is 361 g/mol. The zero-order valence-corrected chi connectivity index (χ0v) is 15.6. The summed E-state index contributed by atoms with van der Waals surface area (Å²) in [6, 6.07) is 13.7. The molecule has 2 aromatic rings. The summed E-state index contributed by atoms with van der Waals surface area (Å²) in [5.41, 5.74) is 1.88. The van der Waals surface area contributed by atoms with E-state index in [2.05, 4.69) is 5.32 Å². The van der Waals surface area contributed by atoms with Crippen LogP contribution in [0, 0.1) is 6.92 Å². The average molecular weight is 361 g/mol. The van der Waals surface area contributed by atoms with E-state index in [9.17, 15) is 13.2 Å². The van der Waals surface area contributed by atoms with Gasteiger partial charge in [-0.2, -0.15) is 0 Å². The fourth-order valence-electron chi connectivity index (χ4n) is 2.36. The lowest BCUT2D eigenvalue weighted by atomic mass is 10.1. The first kappa shape index (κ1) is 19.0. The van der Waals surface area contributed by atoms with Gasteiger partial charge in [-0.1, -0.05) is 24.3 Å². The van der Waals surface area contributed by atoms with Crippen molar-refractivity contribution in [3.63, 3.8) is 0 Å². The lowest BCUT2D eigenvalue weighted by Crippen LogP contribution is -2.37. The van der Waals surface area contributed by atoms with Gasteiger partial charge < -0.3 is 10.1 Å². The molecule has 0 heterocycles. The Balaban J connectivity index is 1.99. The number of aryl methyl sites for hydroxylation is 1. The molecule has 0 fully saturated rings. The van der Waals surface area contributed by atoms with Gasteiger partial charge in [0.2, 0.25) is 0 Å². The quantitative estimate of drug-likeness (QED) is 0.858. The van der Waals surface area contributed by atoms with Crippen molar-refractivity contribution in [1.82, 2.24) is 5.32 Å². The van der Waals surface area contributed by atoms with Gasteiger partial charge >= 0.3 is 0 Å². The van der Waals surface area contributed by atoms with Crippen molar-refractivity contribution in [3.05, 3.63) is 59.7 Å². The van der Waals surface area contributed by atoms with Crippen LogP contribution in [0.15, 0.2) is 53.4 Å². The Labute approximate surface area is 148 Å². The van der Waals surface area contributed by atoms with Gasteiger partial charge in [-0.3, -0.25) is 4.79 Å². The van der Waals surface area contributed by atoms with E-state index >= 15 is 0 Å². The molecule has 2 aromatic carbocycles. The van der Waals surface area contributed by atoms with Crippen LogP contribution in [0.4, 0.5) is 0 Å². The van der Waals surface area contributed by atoms with Gasteiger partial charge in [0.25, 0.3) is 5.91 Å². The molecular formula is C19H23NO4S. The summed E-state index contributed by atoms with van der Waals surface area (Å²) >= 11 is 0. The minimum atomic E-state index is -3.23. The number of hydrogen-bond donors (Lipinski definition) is 1. The second-order valence-corrected chi connectivity index (χ2v) is 8.16. The first-order valence-corrected chi connectivity index (χ1v) is 9.89. The maximum atomic E-state index is 12.3. The number of rotatable bonds is 6. The number of benzene rings is 2. The zero-order chi connectivity index (χ0) is 18.6. The topological polar surface area (TPSA) is 72.5 Å². The van der Waals surface area contributed by atoms with Crippen LogP contribution in [0.2, 0.25) is 0 Å². The van der Waals surface area contributed by atoms with E-state index in [0.717, 1.165) is 17.4 Å². The number of amides is 1. The van der Waals surface area contributed by atoms with Crippen molar-refractivity contribution >= 4 is 15.7 Å². The highest BCUT2D eigenvalue weighted by atomic mass is 32.2. The first-order valence-electron chi connectivity index (χ1n) is 8.00. The normalized spacial score (nSPS) is 13.8. The Bertz CT molecular complexity index is 844. The van der Waals surface area contributed by atoms with Gasteiger partial charge in [-0.05, 0) is 56.2 Å². The van der Waals surface area contributed by atoms with Gasteiger partial charge in [-0.15, -0.1) is 0 Å². The first-order chi connectivity index (χ1) is 11.7. The summed E-state index contributed by atoms with van der Waals surface area (Å²) < 4.78 is 28.7. The predicted molar refractivity (Wildman–Crippen MR) is 97.4 cm³/mol. The maximum absolute atomic E-state index is 12.3. The summed E-state index contributed by atoms with van der Waals surface area (Å²) in [4.78, 5) is 12.6. The van der Waals surface area contributed by atoms with Crippen LogP contribution in [-0.2, 0) is 14.6 Å². The molecule has 0 bridgehead atoms. The summed E-state index contributed by atoms with van der Waals surface area (Å²) in [7, 11) is -3.23. The molecule has 0 saturated carbocycles. The second kappa shape index (κ2) is 7.70. The third kappa shape index (κ3) is 5.32. The minimum Gasteiger partial charge on any atom is -0.481 e. The molecule has 0 spiro atoms. The van der Waals surface area contributed by atoms with E-state index in [0.29, 0.717) is 5.75 Å². The fraction of sp³-hybridized carbons (Fsp3) is 0.316. The zero-order valence-electron chi connectivity index (χ0n) is 14.8. The Hall–Kier alpha value is -2.34. The molecule has 6 heteroatoms. The van der Waals surface area contributed by atoms with Gasteiger partial charge in [0.1, 0.15) is 5.75 Å². The average Bonchev–Trinajstić information content (AvgIpc) is 2.54. The van der Waals surface area contributed by atoms with Gasteiger partial charge in [0, 0.05) is 6.26 Å². The summed E-state index contributed by atoms with van der Waals surface area (Å²) in [5, 5.41) is 2.88. The van der Waals surface area contributed by atoms with E-state index in [1.54, 1.807) is 31.2 Å². The lowest BCUT2D eigenvalue weighted by molar-refractivity contribution is -0.127. The molecular weight excluding hydrogens is 338 g/mol. The number of nitrogens with one attached hydrogen (secondary N) is 1. The van der Waals surface area contributed by atoms with E-state index in [1.807, 2.05) is 38.1 Å². The minimum absolute atomic E-state index is 0.235. The molecule has 134 valence electrons. The van der Waals surface area contributed by atoms with Crippen LogP contribution in [-0.4, -0.2) is 26.7 Å². The number of carbonyl (C=O) groups is 1. The lowest BCUT2D eigenvalue weighted by Gasteiger charge is -2.19. The van der Waals surface area contributed by atoms with E-state index in [-0.39, 0.29) is 16.8 Å². The molecule has 5 nitrogen and oxygen atoms in total. The Morgan fingerprint density at radius 2 is 1.72 bits per heavy atom. The summed E-state index contributed by atoms with van der Waals surface area (Å²) in [5.74, 6) is 0.411. The molecule has 25 heavy (non-hydrogen) atoms. The molecule has 0 aliphatic heterocycles. The van der Waals surface area contributed by atoms with Crippen molar-refractivity contribution in [2.45, 2.75) is 37.8 Å². The van der Waals surface area contributed by atoms with Crippen molar-refractivity contribution in [2.75, 3.05) is 6.26 Å². The van der Waals surface area contributed by atoms with Crippen molar-refractivity contribution in [1.29, 1.82) is 0 Å². The molecule has 2 atom stereocenters. The van der Waals surface area contributed by atoms with Crippen molar-refractivity contribution < 1.29 is 17.9 Å². The van der Waals surface area contributed by atoms with Gasteiger partial charge in [0.05, 0.1) is 10.9 Å². The third-order valence-electron chi connectivity index (χ3n) is 3.84. The van der Waals surface area contributed by atoms with Gasteiger partial charge in [0.15, 0.2) is 15.9 Å². The molecule has 0 saturated heterocycles. The van der Waals surface area contributed by atoms with Crippen molar-refractivity contribution in [3.8, 4) is 5.75 Å². The second-order valence-electron chi connectivity index (χ2n) is 6.15. The van der Waals surface area contributed by atoms with Crippen LogP contribution >= 0.6 is 0 Å². The van der Waals surface area contributed by atoms with Gasteiger partial charge in [-0.25, -0.2) is 8.42 Å². The maximum Gasteiger partial charge on any atom is 0.261 e. The molecule has 1 amide bonds. The van der Waals surface area contributed by atoms with Crippen LogP contribution in [0.3, 0.4) is 0 Å². The molecule has 0 aliphatic rings. The number of ether oxygens (including phenoxy) is 1. The summed E-state index contributed by atoms with van der Waals surface area (Å²) in [6.45, 7) is 5.49. The highest BCUT2D eigenvalue weighted by molar-refractivity contribution is 7.90. The largest absolute Gasteiger partial charge is 0.481 e. The third-order valence-corrected chi connectivity index (χ3v) is 4.97. The predicted octanol–water partition coefficient (Wildman–Crippen LogP) is 3.04.